The van der Waals surface area contributed by atoms with E-state index in [0.29, 0.717) is 6.04 Å². The lowest BCUT2D eigenvalue weighted by Gasteiger charge is -2.16. The average molecular weight is 274 g/mol. The molecule has 1 aromatic heterocycles. The van der Waals surface area contributed by atoms with Crippen molar-refractivity contribution in [2.24, 2.45) is 0 Å². The van der Waals surface area contributed by atoms with Crippen LogP contribution in [0.2, 0.25) is 0 Å². The van der Waals surface area contributed by atoms with E-state index in [2.05, 4.69) is 53.8 Å². The van der Waals surface area contributed by atoms with Crippen LogP contribution in [-0.2, 0) is 12.8 Å². The third-order valence-corrected chi connectivity index (χ3v) is 4.14. The second-order valence-corrected chi connectivity index (χ2v) is 5.96. The number of rotatable bonds is 6. The van der Waals surface area contributed by atoms with E-state index in [4.69, 9.17) is 0 Å². The molecule has 0 aliphatic heterocycles. The van der Waals surface area contributed by atoms with E-state index in [1.54, 1.807) is 11.3 Å². The Balaban J connectivity index is 2.14. The molecule has 0 aliphatic rings. The van der Waals surface area contributed by atoms with Gasteiger partial charge < -0.3 is 5.32 Å². The number of aryl methyl sites for hydroxylation is 2. The molecular weight excluding hydrogens is 252 g/mol. The van der Waals surface area contributed by atoms with Gasteiger partial charge in [0.15, 0.2) is 0 Å². The first kappa shape index (κ1) is 14.2. The number of hydrogen-bond acceptors (Lipinski definition) is 3. The van der Waals surface area contributed by atoms with Crippen molar-refractivity contribution < 1.29 is 0 Å². The normalized spacial score (nSPS) is 12.6. The fraction of sp³-hybridized carbons (Fsp3) is 0.438. The number of nitrogens with zero attached hydrogens (tertiary/aromatic N) is 1. The lowest BCUT2D eigenvalue weighted by molar-refractivity contribution is 0.585. The van der Waals surface area contributed by atoms with Crippen molar-refractivity contribution in [2.75, 3.05) is 7.05 Å². The van der Waals surface area contributed by atoms with E-state index in [-0.39, 0.29) is 0 Å². The van der Waals surface area contributed by atoms with Gasteiger partial charge >= 0.3 is 0 Å². The highest BCUT2D eigenvalue weighted by molar-refractivity contribution is 7.09. The second kappa shape index (κ2) is 6.83. The van der Waals surface area contributed by atoms with Gasteiger partial charge in [0, 0.05) is 17.8 Å². The first-order chi connectivity index (χ1) is 9.22. The van der Waals surface area contributed by atoms with Crippen LogP contribution in [0.4, 0.5) is 0 Å². The molecule has 0 spiro atoms. The molecule has 0 aliphatic carbocycles. The van der Waals surface area contributed by atoms with E-state index in [0.717, 1.165) is 17.8 Å². The fourth-order valence-electron chi connectivity index (χ4n) is 2.35. The summed E-state index contributed by atoms with van der Waals surface area (Å²) in [7, 11) is 2.02. The number of thiazole rings is 1. The number of aromatic nitrogens is 1. The number of nitrogens with one attached hydrogen (secondary N) is 1. The molecule has 2 rings (SSSR count). The molecule has 0 saturated heterocycles. The first-order valence-corrected chi connectivity index (χ1v) is 7.78. The average Bonchev–Trinajstić information content (AvgIpc) is 2.82. The van der Waals surface area contributed by atoms with Crippen molar-refractivity contribution in [3.8, 4) is 0 Å². The lowest BCUT2D eigenvalue weighted by atomic mass is 9.99. The second-order valence-electron chi connectivity index (χ2n) is 4.90. The number of benzene rings is 1. The predicted octanol–water partition coefficient (Wildman–Crippen LogP) is 3.91. The van der Waals surface area contributed by atoms with Crippen molar-refractivity contribution >= 4 is 11.3 Å². The van der Waals surface area contributed by atoms with Crippen LogP contribution in [0.1, 0.15) is 41.2 Å². The molecule has 0 bridgehead atoms. The highest BCUT2D eigenvalue weighted by Gasteiger charge is 2.12. The fourth-order valence-corrected chi connectivity index (χ4v) is 2.98. The molecule has 1 heterocycles. The molecule has 3 heteroatoms. The molecule has 0 radical (unpaired) electrons. The van der Waals surface area contributed by atoms with Crippen molar-refractivity contribution in [1.82, 2.24) is 10.3 Å². The topological polar surface area (TPSA) is 24.9 Å². The van der Waals surface area contributed by atoms with Crippen molar-refractivity contribution in [3.63, 3.8) is 0 Å². The lowest BCUT2D eigenvalue weighted by Crippen LogP contribution is -2.19. The number of likely N-dealkylation sites (N-methyl/N-ethyl adjacent to an activating group) is 1. The standard InChI is InChI=1S/C16H22N2S/c1-4-6-13-7-5-8-14(9-13)16(17-3)10-15-11-19-12(2)18-15/h5,7-9,11,16-17H,4,6,10H2,1-3H3. The highest BCUT2D eigenvalue weighted by Crippen LogP contribution is 2.21. The minimum atomic E-state index is 0.346. The Bertz CT molecular complexity index is 519. The summed E-state index contributed by atoms with van der Waals surface area (Å²) in [5, 5.41) is 6.72. The van der Waals surface area contributed by atoms with Gasteiger partial charge in [0.1, 0.15) is 0 Å². The Morgan fingerprint density at radius 2 is 2.21 bits per heavy atom. The molecular formula is C16H22N2S. The van der Waals surface area contributed by atoms with Crippen molar-refractivity contribution in [1.29, 1.82) is 0 Å². The summed E-state index contributed by atoms with van der Waals surface area (Å²) in [4.78, 5) is 4.56. The Morgan fingerprint density at radius 3 is 2.84 bits per heavy atom. The molecule has 2 aromatic rings. The van der Waals surface area contributed by atoms with Crippen LogP contribution in [0.3, 0.4) is 0 Å². The summed E-state index contributed by atoms with van der Waals surface area (Å²) < 4.78 is 0. The molecule has 0 saturated carbocycles. The Hall–Kier alpha value is -1.19. The van der Waals surface area contributed by atoms with Crippen LogP contribution in [0, 0.1) is 6.92 Å². The molecule has 1 aromatic carbocycles. The van der Waals surface area contributed by atoms with Gasteiger partial charge in [0.25, 0.3) is 0 Å². The van der Waals surface area contributed by atoms with Crippen LogP contribution < -0.4 is 5.32 Å². The van der Waals surface area contributed by atoms with Gasteiger partial charge in [-0.25, -0.2) is 4.98 Å². The minimum absolute atomic E-state index is 0.346. The van der Waals surface area contributed by atoms with Gasteiger partial charge in [-0.1, -0.05) is 37.6 Å². The predicted molar refractivity (Wildman–Crippen MR) is 82.8 cm³/mol. The molecule has 1 atom stereocenters. The van der Waals surface area contributed by atoms with Crippen LogP contribution in [0.5, 0.6) is 0 Å². The first-order valence-electron chi connectivity index (χ1n) is 6.90. The van der Waals surface area contributed by atoms with Crippen LogP contribution in [0.15, 0.2) is 29.6 Å². The molecule has 1 unspecified atom stereocenters. The maximum absolute atomic E-state index is 4.56. The summed E-state index contributed by atoms with van der Waals surface area (Å²) in [6.45, 7) is 4.28. The molecule has 19 heavy (non-hydrogen) atoms. The molecule has 0 amide bonds. The Labute approximate surface area is 119 Å². The van der Waals surface area contributed by atoms with Gasteiger partial charge in [-0.05, 0) is 31.5 Å². The third-order valence-electron chi connectivity index (χ3n) is 3.32. The van der Waals surface area contributed by atoms with E-state index in [9.17, 15) is 0 Å². The van der Waals surface area contributed by atoms with Crippen LogP contribution >= 0.6 is 11.3 Å². The number of hydrogen-bond donors (Lipinski definition) is 1. The maximum Gasteiger partial charge on any atom is 0.0897 e. The zero-order valence-electron chi connectivity index (χ0n) is 11.9. The van der Waals surface area contributed by atoms with Gasteiger partial charge in [-0.15, -0.1) is 11.3 Å². The zero-order chi connectivity index (χ0) is 13.7. The summed E-state index contributed by atoms with van der Waals surface area (Å²) >= 11 is 1.72. The molecule has 2 nitrogen and oxygen atoms in total. The van der Waals surface area contributed by atoms with E-state index < -0.39 is 0 Å². The minimum Gasteiger partial charge on any atom is -0.313 e. The molecule has 102 valence electrons. The molecule has 1 N–H and O–H groups in total. The van der Waals surface area contributed by atoms with Gasteiger partial charge in [-0.3, -0.25) is 0 Å². The van der Waals surface area contributed by atoms with E-state index in [1.807, 2.05) is 7.05 Å². The van der Waals surface area contributed by atoms with E-state index >= 15 is 0 Å². The van der Waals surface area contributed by atoms with Gasteiger partial charge in [0.2, 0.25) is 0 Å². The van der Waals surface area contributed by atoms with Crippen LogP contribution in [0.25, 0.3) is 0 Å². The Kier molecular flexibility index (Phi) is 5.11. The highest BCUT2D eigenvalue weighted by atomic mass is 32.1. The third kappa shape index (κ3) is 3.88. The van der Waals surface area contributed by atoms with Crippen molar-refractivity contribution in [3.05, 3.63) is 51.5 Å². The van der Waals surface area contributed by atoms with E-state index in [1.165, 1.54) is 23.2 Å². The largest absolute Gasteiger partial charge is 0.313 e. The maximum atomic E-state index is 4.56. The quantitative estimate of drug-likeness (QED) is 0.864. The zero-order valence-corrected chi connectivity index (χ0v) is 12.8. The van der Waals surface area contributed by atoms with Crippen LogP contribution in [-0.4, -0.2) is 12.0 Å². The monoisotopic (exact) mass is 274 g/mol. The smallest absolute Gasteiger partial charge is 0.0897 e. The summed E-state index contributed by atoms with van der Waals surface area (Å²) in [6, 6.07) is 9.26. The summed E-state index contributed by atoms with van der Waals surface area (Å²) in [5.74, 6) is 0. The SMILES string of the molecule is CCCc1cccc(C(Cc2csc(C)n2)NC)c1. The summed E-state index contributed by atoms with van der Waals surface area (Å²) in [6.07, 6.45) is 3.30. The molecule has 0 fully saturated rings. The van der Waals surface area contributed by atoms with Gasteiger partial charge in [0.05, 0.1) is 10.7 Å². The van der Waals surface area contributed by atoms with Gasteiger partial charge in [-0.2, -0.15) is 0 Å². The Morgan fingerprint density at radius 1 is 1.37 bits per heavy atom. The summed E-state index contributed by atoms with van der Waals surface area (Å²) in [5.41, 5.74) is 3.97. The van der Waals surface area contributed by atoms with Crippen molar-refractivity contribution in [2.45, 2.75) is 39.2 Å².